The number of aromatic nitrogens is 2. The van der Waals surface area contributed by atoms with Crippen LogP contribution in [0.2, 0.25) is 0 Å². The molecule has 3 rings (SSSR count). The van der Waals surface area contributed by atoms with Crippen molar-refractivity contribution < 1.29 is 9.13 Å². The quantitative estimate of drug-likeness (QED) is 0.711. The molecule has 2 aromatic rings. The van der Waals surface area contributed by atoms with Crippen molar-refractivity contribution in [2.24, 2.45) is 19.1 Å². The Morgan fingerprint density at radius 3 is 2.57 bits per heavy atom. The molecule has 1 aromatic heterocycles. The largest absolute Gasteiger partial charge is 0.385 e. The van der Waals surface area contributed by atoms with Gasteiger partial charge in [0.25, 0.3) is 0 Å². The molecule has 2 heterocycles. The molecule has 0 radical (unpaired) electrons. The molecule has 1 aliphatic rings. The zero-order valence-electron chi connectivity index (χ0n) is 18.3. The van der Waals surface area contributed by atoms with Crippen LogP contribution in [-0.2, 0) is 25.4 Å². The van der Waals surface area contributed by atoms with E-state index in [1.807, 2.05) is 37.7 Å². The Kier molecular flexibility index (Phi) is 7.44. The van der Waals surface area contributed by atoms with Gasteiger partial charge in [-0.05, 0) is 63.1 Å². The molecule has 0 unspecified atom stereocenters. The zero-order valence-corrected chi connectivity index (χ0v) is 19.1. The second-order valence-electron chi connectivity index (χ2n) is 8.21. The summed E-state index contributed by atoms with van der Waals surface area (Å²) < 4.78 is 23.8. The van der Waals surface area contributed by atoms with Gasteiger partial charge in [0, 0.05) is 32.7 Å². The molecule has 0 spiro atoms. The van der Waals surface area contributed by atoms with E-state index in [-0.39, 0.29) is 18.0 Å². The first-order valence-electron chi connectivity index (χ1n) is 10.4. The number of hydrogen-bond acceptors (Lipinski definition) is 5. The second-order valence-corrected chi connectivity index (χ2v) is 8.57. The summed E-state index contributed by atoms with van der Waals surface area (Å²) in [5, 5.41) is 0. The van der Waals surface area contributed by atoms with Crippen molar-refractivity contribution >= 4 is 18.0 Å². The summed E-state index contributed by atoms with van der Waals surface area (Å²) >= 11 is 5.46. The number of likely N-dealkylation sites (N-methyl/N-ethyl adjacent to an activating group) is 1. The van der Waals surface area contributed by atoms with Crippen LogP contribution in [0, 0.1) is 17.5 Å². The molecule has 0 bridgehead atoms. The summed E-state index contributed by atoms with van der Waals surface area (Å²) in [7, 11) is 5.86. The van der Waals surface area contributed by atoms with E-state index in [9.17, 15) is 4.39 Å². The fourth-order valence-corrected chi connectivity index (χ4v) is 4.20. The van der Waals surface area contributed by atoms with Gasteiger partial charge in [-0.2, -0.15) is 0 Å². The van der Waals surface area contributed by atoms with Gasteiger partial charge >= 0.3 is 0 Å². The van der Waals surface area contributed by atoms with Crippen molar-refractivity contribution in [1.29, 1.82) is 0 Å². The fourth-order valence-electron chi connectivity index (χ4n) is 4.01. The van der Waals surface area contributed by atoms with Crippen LogP contribution in [-0.4, -0.2) is 46.4 Å². The molecule has 30 heavy (non-hydrogen) atoms. The summed E-state index contributed by atoms with van der Waals surface area (Å²) in [6.07, 6.45) is 3.43. The Morgan fingerprint density at radius 1 is 1.20 bits per heavy atom. The van der Waals surface area contributed by atoms with Crippen LogP contribution in [0.5, 0.6) is 0 Å². The van der Waals surface area contributed by atoms with E-state index >= 15 is 0 Å². The Morgan fingerprint density at radius 2 is 1.87 bits per heavy atom. The smallest absolute Gasteiger partial charge is 0.182 e. The molecule has 0 aliphatic carbocycles. The van der Waals surface area contributed by atoms with Crippen LogP contribution < -0.4 is 11.2 Å². The Balaban J connectivity index is 1.62. The number of nitrogens with two attached hydrogens (primary N) is 1. The summed E-state index contributed by atoms with van der Waals surface area (Å²) in [6, 6.07) is 6.67. The Hall–Kier alpha value is -2.03. The lowest BCUT2D eigenvalue weighted by atomic mass is 10.0. The van der Waals surface area contributed by atoms with E-state index in [0.717, 1.165) is 49.0 Å². The molecule has 1 aromatic carbocycles. The first-order valence-corrected chi connectivity index (χ1v) is 10.8. The van der Waals surface area contributed by atoms with E-state index in [2.05, 4.69) is 11.9 Å². The van der Waals surface area contributed by atoms with Gasteiger partial charge in [0.2, 0.25) is 0 Å². The van der Waals surface area contributed by atoms with Crippen molar-refractivity contribution in [3.8, 4) is 0 Å². The molecular weight excluding hydrogens is 401 g/mol. The maximum absolute atomic E-state index is 13.1. The van der Waals surface area contributed by atoms with Gasteiger partial charge in [0.05, 0.1) is 18.8 Å². The van der Waals surface area contributed by atoms with Gasteiger partial charge in [0.15, 0.2) is 4.77 Å². The van der Waals surface area contributed by atoms with Crippen molar-refractivity contribution in [2.45, 2.75) is 44.9 Å². The summed E-state index contributed by atoms with van der Waals surface area (Å²) in [4.78, 5) is 7.04. The lowest BCUT2D eigenvalue weighted by Crippen LogP contribution is -2.38. The number of anilines is 1. The molecule has 1 fully saturated rings. The average Bonchev–Trinajstić information content (AvgIpc) is 2.73. The predicted octanol–water partition coefficient (Wildman–Crippen LogP) is 3.09. The number of hydrogen-bond donors (Lipinski definition) is 1. The minimum absolute atomic E-state index is 0.0890. The van der Waals surface area contributed by atoms with Crippen molar-refractivity contribution in [3.05, 3.63) is 51.5 Å². The Labute approximate surface area is 182 Å². The first-order chi connectivity index (χ1) is 14.3. The number of benzene rings is 1. The summed E-state index contributed by atoms with van der Waals surface area (Å²) in [5.41, 5.74) is 9.02. The fraction of sp³-hybridized carbons (Fsp3) is 0.545. The number of nitrogens with zero attached hydrogens (tertiary/aromatic N) is 4. The van der Waals surface area contributed by atoms with Crippen molar-refractivity contribution in [2.75, 3.05) is 25.9 Å². The molecular formula is C22H32FN5OS. The molecule has 164 valence electrons. The highest BCUT2D eigenvalue weighted by molar-refractivity contribution is 7.71. The number of halogens is 1. The number of nitrogen functional groups attached to an aromatic ring is 1. The highest BCUT2D eigenvalue weighted by Gasteiger charge is 2.23. The number of rotatable bonds is 6. The van der Waals surface area contributed by atoms with Crippen molar-refractivity contribution in [1.82, 2.24) is 14.0 Å². The van der Waals surface area contributed by atoms with E-state index < -0.39 is 0 Å². The van der Waals surface area contributed by atoms with Gasteiger partial charge in [0.1, 0.15) is 17.1 Å². The zero-order chi connectivity index (χ0) is 21.8. The lowest BCUT2D eigenvalue weighted by Gasteiger charge is -2.32. The predicted molar refractivity (Wildman–Crippen MR) is 120 cm³/mol. The van der Waals surface area contributed by atoms with Gasteiger partial charge < -0.3 is 19.6 Å². The maximum atomic E-state index is 13.1. The third-order valence-electron chi connectivity index (χ3n) is 5.74. The van der Waals surface area contributed by atoms with E-state index in [0.29, 0.717) is 17.1 Å². The molecule has 2 atom stereocenters. The standard InChI is InChI=1S/C22H32FN5OS/c1-15-20(24)27(3)22(30)28(4)21(15)25-12-18-6-5-7-19(29-18)14-26(2)13-16-8-10-17(23)11-9-16/h8-11,18-19H,5-7,12-14,24H2,1-4H3/t18-,19+/m1/s1. The molecule has 6 nitrogen and oxygen atoms in total. The van der Waals surface area contributed by atoms with Crippen LogP contribution in [0.1, 0.15) is 30.4 Å². The minimum atomic E-state index is -0.204. The third kappa shape index (κ3) is 5.36. The monoisotopic (exact) mass is 433 g/mol. The van der Waals surface area contributed by atoms with Crippen LogP contribution in [0.3, 0.4) is 0 Å². The maximum Gasteiger partial charge on any atom is 0.182 e. The van der Waals surface area contributed by atoms with Crippen LogP contribution in [0.15, 0.2) is 29.3 Å². The molecule has 2 N–H and O–H groups in total. The van der Waals surface area contributed by atoms with Crippen LogP contribution in [0.4, 0.5) is 10.2 Å². The third-order valence-corrected chi connectivity index (χ3v) is 6.28. The average molecular weight is 434 g/mol. The van der Waals surface area contributed by atoms with E-state index in [4.69, 9.17) is 27.7 Å². The van der Waals surface area contributed by atoms with Crippen LogP contribution in [0.25, 0.3) is 0 Å². The van der Waals surface area contributed by atoms with Crippen LogP contribution >= 0.6 is 12.2 Å². The highest BCUT2D eigenvalue weighted by Crippen LogP contribution is 2.20. The first kappa shape index (κ1) is 22.7. The van der Waals surface area contributed by atoms with E-state index in [1.54, 1.807) is 4.57 Å². The molecule has 8 heteroatoms. The second kappa shape index (κ2) is 9.85. The SMILES string of the molecule is Cc1c(N)n(C)c(=S)n(C)c1=NC[C@H]1CCC[C@@H](CN(C)Cc2ccc(F)cc2)O1. The van der Waals surface area contributed by atoms with Gasteiger partial charge in [-0.1, -0.05) is 12.1 Å². The highest BCUT2D eigenvalue weighted by atomic mass is 32.1. The van der Waals surface area contributed by atoms with Gasteiger partial charge in [-0.25, -0.2) is 4.39 Å². The summed E-state index contributed by atoms with van der Waals surface area (Å²) in [6.45, 7) is 4.17. The Bertz CT molecular complexity index is 998. The molecule has 1 saturated heterocycles. The van der Waals surface area contributed by atoms with Gasteiger partial charge in [-0.3, -0.25) is 9.89 Å². The molecule has 0 saturated carbocycles. The lowest BCUT2D eigenvalue weighted by molar-refractivity contribution is -0.0564. The minimum Gasteiger partial charge on any atom is -0.385 e. The topological polar surface area (TPSA) is 60.7 Å². The summed E-state index contributed by atoms with van der Waals surface area (Å²) in [5.74, 6) is 0.436. The van der Waals surface area contributed by atoms with Gasteiger partial charge in [-0.15, -0.1) is 0 Å². The molecule has 1 aliphatic heterocycles. The number of ether oxygens (including phenoxy) is 1. The van der Waals surface area contributed by atoms with Crippen molar-refractivity contribution in [3.63, 3.8) is 0 Å². The normalized spacial score (nSPS) is 20.1. The molecule has 0 amide bonds. The van der Waals surface area contributed by atoms with E-state index in [1.165, 1.54) is 12.1 Å².